The van der Waals surface area contributed by atoms with Crippen molar-refractivity contribution < 1.29 is 4.79 Å². The molecule has 1 aliphatic rings. The van der Waals surface area contributed by atoms with Gasteiger partial charge in [-0.2, -0.15) is 5.10 Å². The molecular weight excluding hydrogens is 222 g/mol. The molecule has 0 aliphatic heterocycles. The van der Waals surface area contributed by atoms with Crippen LogP contribution in [0.1, 0.15) is 22.5 Å². The summed E-state index contributed by atoms with van der Waals surface area (Å²) >= 11 is 1.49. The van der Waals surface area contributed by atoms with Crippen molar-refractivity contribution in [2.45, 2.75) is 18.9 Å². The van der Waals surface area contributed by atoms with Gasteiger partial charge in [0.1, 0.15) is 0 Å². The van der Waals surface area contributed by atoms with Crippen LogP contribution < -0.4 is 5.32 Å². The summed E-state index contributed by atoms with van der Waals surface area (Å²) in [6.07, 6.45) is 3.94. The maximum atomic E-state index is 11.8. The van der Waals surface area contributed by atoms with Crippen molar-refractivity contribution in [3.8, 4) is 10.6 Å². The Morgan fingerprint density at radius 1 is 1.44 bits per heavy atom. The van der Waals surface area contributed by atoms with Crippen LogP contribution in [0.5, 0.6) is 0 Å². The van der Waals surface area contributed by atoms with Gasteiger partial charge in [-0.1, -0.05) is 0 Å². The number of carbonyl (C=O) groups is 1. The molecule has 1 fully saturated rings. The van der Waals surface area contributed by atoms with Gasteiger partial charge in [0, 0.05) is 12.2 Å². The van der Waals surface area contributed by atoms with E-state index in [9.17, 15) is 4.79 Å². The largest absolute Gasteiger partial charge is 0.349 e. The molecule has 0 radical (unpaired) electrons. The molecule has 4 nitrogen and oxygen atoms in total. The fraction of sp³-hybridized carbons (Fsp3) is 0.273. The van der Waals surface area contributed by atoms with E-state index in [1.807, 2.05) is 18.2 Å². The Kier molecular flexibility index (Phi) is 2.25. The maximum Gasteiger partial charge on any atom is 0.261 e. The Hall–Kier alpha value is -1.62. The number of amides is 1. The summed E-state index contributed by atoms with van der Waals surface area (Å²) in [5, 5.41) is 9.75. The molecule has 3 rings (SSSR count). The van der Waals surface area contributed by atoms with Gasteiger partial charge in [0.2, 0.25) is 0 Å². The van der Waals surface area contributed by atoms with E-state index in [4.69, 9.17) is 0 Å². The van der Waals surface area contributed by atoms with Gasteiger partial charge in [0.05, 0.1) is 15.4 Å². The van der Waals surface area contributed by atoms with Gasteiger partial charge in [0.15, 0.2) is 0 Å². The van der Waals surface area contributed by atoms with Crippen molar-refractivity contribution in [3.63, 3.8) is 0 Å². The first kappa shape index (κ1) is 9.59. The van der Waals surface area contributed by atoms with E-state index in [1.165, 1.54) is 11.3 Å². The lowest BCUT2D eigenvalue weighted by Crippen LogP contribution is -2.24. The monoisotopic (exact) mass is 233 g/mol. The van der Waals surface area contributed by atoms with Gasteiger partial charge in [-0.15, -0.1) is 11.3 Å². The molecule has 1 aliphatic carbocycles. The summed E-state index contributed by atoms with van der Waals surface area (Å²) in [5.41, 5.74) is 0.954. The van der Waals surface area contributed by atoms with Gasteiger partial charge in [-0.25, -0.2) is 0 Å². The van der Waals surface area contributed by atoms with Crippen LogP contribution in [0.2, 0.25) is 0 Å². The number of thiophene rings is 1. The zero-order valence-electron chi connectivity index (χ0n) is 8.56. The Balaban J connectivity index is 1.79. The van der Waals surface area contributed by atoms with Gasteiger partial charge >= 0.3 is 0 Å². The molecular formula is C11H11N3OS. The van der Waals surface area contributed by atoms with Crippen molar-refractivity contribution in [1.82, 2.24) is 15.5 Å². The molecule has 2 N–H and O–H groups in total. The predicted octanol–water partition coefficient (Wildman–Crippen LogP) is 2.03. The number of aromatic nitrogens is 2. The molecule has 1 saturated carbocycles. The molecule has 0 aromatic carbocycles. The molecule has 0 saturated heterocycles. The van der Waals surface area contributed by atoms with Gasteiger partial charge in [-0.3, -0.25) is 9.89 Å². The first-order valence-electron chi connectivity index (χ1n) is 5.23. The van der Waals surface area contributed by atoms with Crippen LogP contribution in [0.15, 0.2) is 24.4 Å². The molecule has 0 atom stereocenters. The third-order valence-electron chi connectivity index (χ3n) is 2.51. The van der Waals surface area contributed by atoms with Crippen molar-refractivity contribution in [2.75, 3.05) is 0 Å². The third-order valence-corrected chi connectivity index (χ3v) is 3.63. The number of aromatic amines is 1. The van der Waals surface area contributed by atoms with Gasteiger partial charge in [0.25, 0.3) is 5.91 Å². The zero-order valence-corrected chi connectivity index (χ0v) is 9.38. The molecule has 2 aromatic rings. The van der Waals surface area contributed by atoms with Crippen molar-refractivity contribution in [1.29, 1.82) is 0 Å². The van der Waals surface area contributed by atoms with E-state index in [0.717, 1.165) is 28.3 Å². The quantitative estimate of drug-likeness (QED) is 0.852. The Labute approximate surface area is 96.7 Å². The Morgan fingerprint density at radius 3 is 3.00 bits per heavy atom. The molecule has 82 valence electrons. The number of nitrogens with zero attached hydrogens (tertiary/aromatic N) is 1. The summed E-state index contributed by atoms with van der Waals surface area (Å²) in [7, 11) is 0. The molecule has 0 unspecified atom stereocenters. The topological polar surface area (TPSA) is 57.8 Å². The van der Waals surface area contributed by atoms with Crippen LogP contribution >= 0.6 is 11.3 Å². The minimum Gasteiger partial charge on any atom is -0.349 e. The van der Waals surface area contributed by atoms with E-state index in [-0.39, 0.29) is 5.91 Å². The molecule has 0 spiro atoms. The number of rotatable bonds is 3. The molecule has 2 aromatic heterocycles. The minimum atomic E-state index is 0.0401. The van der Waals surface area contributed by atoms with Crippen molar-refractivity contribution in [3.05, 3.63) is 29.3 Å². The number of hydrogen-bond acceptors (Lipinski definition) is 3. The summed E-state index contributed by atoms with van der Waals surface area (Å²) in [4.78, 5) is 13.6. The van der Waals surface area contributed by atoms with Crippen LogP contribution in [0.4, 0.5) is 0 Å². The van der Waals surface area contributed by atoms with Crippen LogP contribution in [-0.2, 0) is 0 Å². The van der Waals surface area contributed by atoms with E-state index in [2.05, 4.69) is 15.5 Å². The number of nitrogens with one attached hydrogen (secondary N) is 2. The lowest BCUT2D eigenvalue weighted by atomic mass is 10.3. The summed E-state index contributed by atoms with van der Waals surface area (Å²) in [6.45, 7) is 0. The molecule has 16 heavy (non-hydrogen) atoms. The fourth-order valence-corrected chi connectivity index (χ4v) is 2.37. The normalized spacial score (nSPS) is 15.0. The second-order valence-electron chi connectivity index (χ2n) is 3.88. The highest BCUT2D eigenvalue weighted by Crippen LogP contribution is 2.27. The highest BCUT2D eigenvalue weighted by atomic mass is 32.1. The standard InChI is InChI=1S/C11H11N3OS/c15-11(13-7-1-2-7)10-4-3-9(16-10)8-5-6-12-14-8/h3-7H,1-2H2,(H,12,14)(H,13,15). The Morgan fingerprint density at radius 2 is 2.31 bits per heavy atom. The lowest BCUT2D eigenvalue weighted by molar-refractivity contribution is 0.0955. The third kappa shape index (κ3) is 1.86. The predicted molar refractivity (Wildman–Crippen MR) is 62.4 cm³/mol. The van der Waals surface area contributed by atoms with E-state index < -0.39 is 0 Å². The van der Waals surface area contributed by atoms with Crippen LogP contribution in [0, 0.1) is 0 Å². The average molecular weight is 233 g/mol. The van der Waals surface area contributed by atoms with Crippen LogP contribution in [0.25, 0.3) is 10.6 Å². The minimum absolute atomic E-state index is 0.0401. The second-order valence-corrected chi connectivity index (χ2v) is 4.97. The van der Waals surface area contributed by atoms with Crippen LogP contribution in [0.3, 0.4) is 0 Å². The molecule has 5 heteroatoms. The first-order chi connectivity index (χ1) is 7.83. The van der Waals surface area contributed by atoms with Crippen LogP contribution in [-0.4, -0.2) is 22.1 Å². The molecule has 0 bridgehead atoms. The number of carbonyl (C=O) groups excluding carboxylic acids is 1. The zero-order chi connectivity index (χ0) is 11.0. The van der Waals surface area contributed by atoms with Crippen molar-refractivity contribution >= 4 is 17.2 Å². The number of H-pyrrole nitrogens is 1. The highest BCUT2D eigenvalue weighted by Gasteiger charge is 2.24. The first-order valence-corrected chi connectivity index (χ1v) is 6.05. The second kappa shape index (κ2) is 3.75. The lowest BCUT2D eigenvalue weighted by Gasteiger charge is -1.98. The SMILES string of the molecule is O=C(NC1CC1)c1ccc(-c2ccn[nH]2)s1. The van der Waals surface area contributed by atoms with E-state index >= 15 is 0 Å². The summed E-state index contributed by atoms with van der Waals surface area (Å²) < 4.78 is 0. The van der Waals surface area contributed by atoms with Crippen molar-refractivity contribution in [2.24, 2.45) is 0 Å². The fourth-order valence-electron chi connectivity index (χ4n) is 1.48. The summed E-state index contributed by atoms with van der Waals surface area (Å²) in [6, 6.07) is 6.11. The molecule has 1 amide bonds. The summed E-state index contributed by atoms with van der Waals surface area (Å²) in [5.74, 6) is 0.0401. The Bertz CT molecular complexity index is 499. The maximum absolute atomic E-state index is 11.8. The smallest absolute Gasteiger partial charge is 0.261 e. The molecule has 2 heterocycles. The van der Waals surface area contributed by atoms with Gasteiger partial charge < -0.3 is 5.32 Å². The number of hydrogen-bond donors (Lipinski definition) is 2. The van der Waals surface area contributed by atoms with E-state index in [0.29, 0.717) is 6.04 Å². The van der Waals surface area contributed by atoms with E-state index in [1.54, 1.807) is 6.20 Å². The highest BCUT2D eigenvalue weighted by molar-refractivity contribution is 7.17. The van der Waals surface area contributed by atoms with Gasteiger partial charge in [-0.05, 0) is 31.0 Å². The average Bonchev–Trinajstić information content (AvgIpc) is 2.84.